The molecular formula is C17H24N6O. The zero-order valence-electron chi connectivity index (χ0n) is 14.9. The molecule has 3 aromatic rings. The number of hydrogen-bond donors (Lipinski definition) is 1. The molecule has 3 heterocycles. The van der Waals surface area contributed by atoms with E-state index < -0.39 is 0 Å². The number of hydrogen-bond acceptors (Lipinski definition) is 6. The summed E-state index contributed by atoms with van der Waals surface area (Å²) < 4.78 is 7.75. The van der Waals surface area contributed by atoms with E-state index in [1.54, 1.807) is 6.20 Å². The molecule has 7 nitrogen and oxygen atoms in total. The summed E-state index contributed by atoms with van der Waals surface area (Å²) >= 11 is 0. The molecule has 3 aromatic heterocycles. The number of fused-ring (bicyclic) bond motifs is 1. The van der Waals surface area contributed by atoms with Gasteiger partial charge in [0, 0.05) is 25.2 Å². The Labute approximate surface area is 141 Å². The monoisotopic (exact) mass is 328 g/mol. The van der Waals surface area contributed by atoms with Crippen LogP contribution in [-0.2, 0) is 6.54 Å². The molecule has 0 aromatic carbocycles. The van der Waals surface area contributed by atoms with Crippen molar-refractivity contribution in [3.8, 4) is 11.5 Å². The molecule has 24 heavy (non-hydrogen) atoms. The first-order valence-electron chi connectivity index (χ1n) is 8.43. The maximum Gasteiger partial charge on any atom is 0.251 e. The van der Waals surface area contributed by atoms with Crippen molar-refractivity contribution < 1.29 is 4.42 Å². The molecule has 1 N–H and O–H groups in total. The van der Waals surface area contributed by atoms with Crippen LogP contribution >= 0.6 is 0 Å². The van der Waals surface area contributed by atoms with Gasteiger partial charge in [-0.2, -0.15) is 5.10 Å². The third-order valence-electron chi connectivity index (χ3n) is 3.72. The van der Waals surface area contributed by atoms with Gasteiger partial charge in [-0.3, -0.25) is 0 Å². The largest absolute Gasteiger partial charge is 0.420 e. The highest BCUT2D eigenvalue weighted by Gasteiger charge is 2.19. The van der Waals surface area contributed by atoms with Crippen LogP contribution in [0.3, 0.4) is 0 Å². The van der Waals surface area contributed by atoms with Gasteiger partial charge in [0.15, 0.2) is 5.65 Å². The lowest BCUT2D eigenvalue weighted by molar-refractivity contribution is 0.481. The van der Waals surface area contributed by atoms with Crippen LogP contribution < -0.4 is 5.32 Å². The van der Waals surface area contributed by atoms with Gasteiger partial charge in [0.1, 0.15) is 0 Å². The second-order valence-electron chi connectivity index (χ2n) is 6.64. The fraction of sp³-hybridized carbons (Fsp3) is 0.529. The van der Waals surface area contributed by atoms with Crippen LogP contribution in [-0.4, -0.2) is 31.5 Å². The second kappa shape index (κ2) is 6.59. The number of nitrogens with one attached hydrogen (secondary N) is 1. The van der Waals surface area contributed by atoms with Crippen molar-refractivity contribution in [1.29, 1.82) is 0 Å². The summed E-state index contributed by atoms with van der Waals surface area (Å²) in [4.78, 5) is 4.60. The highest BCUT2D eigenvalue weighted by Crippen LogP contribution is 2.33. The fourth-order valence-corrected chi connectivity index (χ4v) is 2.61. The van der Waals surface area contributed by atoms with Crippen LogP contribution in [0, 0.1) is 5.92 Å². The molecule has 0 bridgehead atoms. The standard InChI is InChI=1S/C17H24N6O/c1-6-18-14-12-8-20-23(9-10(2)3)15(12)19-7-13(14)17-22-21-16(24-17)11(4)5/h7-8,10-11H,6,9H2,1-5H3,(H,18,19). The van der Waals surface area contributed by atoms with Gasteiger partial charge in [-0.05, 0) is 12.8 Å². The molecule has 0 fully saturated rings. The molecule has 0 atom stereocenters. The van der Waals surface area contributed by atoms with E-state index in [1.165, 1.54) is 0 Å². The van der Waals surface area contributed by atoms with E-state index in [0.29, 0.717) is 17.7 Å². The SMILES string of the molecule is CCNc1c(-c2nnc(C(C)C)o2)cnc2c1cnn2CC(C)C. The number of rotatable bonds is 6. The first kappa shape index (κ1) is 16.4. The van der Waals surface area contributed by atoms with E-state index in [4.69, 9.17) is 4.42 Å². The average Bonchev–Trinajstić information content (AvgIpc) is 3.15. The smallest absolute Gasteiger partial charge is 0.251 e. The van der Waals surface area contributed by atoms with Crippen LogP contribution in [0.1, 0.15) is 46.4 Å². The van der Waals surface area contributed by atoms with Crippen LogP contribution in [0.25, 0.3) is 22.5 Å². The van der Waals surface area contributed by atoms with Crippen LogP contribution in [0.5, 0.6) is 0 Å². The molecule has 0 amide bonds. The second-order valence-corrected chi connectivity index (χ2v) is 6.64. The van der Waals surface area contributed by atoms with Crippen molar-refractivity contribution >= 4 is 16.7 Å². The Balaban J connectivity index is 2.12. The third-order valence-corrected chi connectivity index (χ3v) is 3.72. The molecule has 0 saturated heterocycles. The van der Waals surface area contributed by atoms with Crippen LogP contribution in [0.2, 0.25) is 0 Å². The number of pyridine rings is 1. The lowest BCUT2D eigenvalue weighted by Gasteiger charge is -2.10. The molecule has 7 heteroatoms. The van der Waals surface area contributed by atoms with Crippen LogP contribution in [0.15, 0.2) is 16.8 Å². The van der Waals surface area contributed by atoms with Gasteiger partial charge in [0.2, 0.25) is 5.89 Å². The molecule has 0 saturated carbocycles. The Bertz CT molecular complexity index is 833. The number of aromatic nitrogens is 5. The van der Waals surface area contributed by atoms with E-state index in [9.17, 15) is 0 Å². The highest BCUT2D eigenvalue weighted by molar-refractivity contribution is 5.96. The van der Waals surface area contributed by atoms with Gasteiger partial charge in [0.05, 0.1) is 22.8 Å². The van der Waals surface area contributed by atoms with E-state index in [2.05, 4.69) is 46.4 Å². The predicted molar refractivity (Wildman–Crippen MR) is 93.9 cm³/mol. The molecule has 0 radical (unpaired) electrons. The molecule has 0 aliphatic heterocycles. The van der Waals surface area contributed by atoms with Gasteiger partial charge in [-0.25, -0.2) is 9.67 Å². The molecule has 3 rings (SSSR count). The zero-order chi connectivity index (χ0) is 17.3. The summed E-state index contributed by atoms with van der Waals surface area (Å²) in [5.74, 6) is 1.81. The van der Waals surface area contributed by atoms with Crippen LogP contribution in [0.4, 0.5) is 5.69 Å². The Morgan fingerprint density at radius 3 is 2.58 bits per heavy atom. The maximum absolute atomic E-state index is 5.81. The Morgan fingerprint density at radius 1 is 1.17 bits per heavy atom. The fourth-order valence-electron chi connectivity index (χ4n) is 2.61. The summed E-state index contributed by atoms with van der Waals surface area (Å²) in [6.45, 7) is 12.1. The van der Waals surface area contributed by atoms with Gasteiger partial charge >= 0.3 is 0 Å². The summed E-state index contributed by atoms with van der Waals surface area (Å²) in [7, 11) is 0. The summed E-state index contributed by atoms with van der Waals surface area (Å²) in [5, 5.41) is 17.2. The summed E-state index contributed by atoms with van der Waals surface area (Å²) in [6.07, 6.45) is 3.64. The Hall–Kier alpha value is -2.44. The molecule has 0 aliphatic carbocycles. The molecular weight excluding hydrogens is 304 g/mol. The number of anilines is 1. The van der Waals surface area contributed by atoms with Gasteiger partial charge < -0.3 is 9.73 Å². The average molecular weight is 328 g/mol. The van der Waals surface area contributed by atoms with E-state index in [0.717, 1.165) is 35.4 Å². The van der Waals surface area contributed by atoms with Crippen molar-refractivity contribution in [2.24, 2.45) is 5.92 Å². The molecule has 0 unspecified atom stereocenters. The Kier molecular flexibility index (Phi) is 4.51. The van der Waals surface area contributed by atoms with Gasteiger partial charge in [-0.15, -0.1) is 10.2 Å². The quantitative estimate of drug-likeness (QED) is 0.743. The zero-order valence-corrected chi connectivity index (χ0v) is 14.9. The minimum Gasteiger partial charge on any atom is -0.420 e. The molecule has 128 valence electrons. The van der Waals surface area contributed by atoms with Crippen molar-refractivity contribution in [3.63, 3.8) is 0 Å². The van der Waals surface area contributed by atoms with Crippen molar-refractivity contribution in [2.45, 2.75) is 47.1 Å². The maximum atomic E-state index is 5.81. The first-order valence-corrected chi connectivity index (χ1v) is 8.43. The van der Waals surface area contributed by atoms with Gasteiger partial charge in [-0.1, -0.05) is 27.7 Å². The lowest BCUT2D eigenvalue weighted by Crippen LogP contribution is -2.07. The summed E-state index contributed by atoms with van der Waals surface area (Å²) in [5.41, 5.74) is 2.62. The van der Waals surface area contributed by atoms with E-state index in [-0.39, 0.29) is 5.92 Å². The first-order chi connectivity index (χ1) is 11.5. The normalized spacial score (nSPS) is 11.8. The highest BCUT2D eigenvalue weighted by atomic mass is 16.4. The van der Waals surface area contributed by atoms with E-state index in [1.807, 2.05) is 24.7 Å². The minimum absolute atomic E-state index is 0.194. The van der Waals surface area contributed by atoms with Crippen molar-refractivity contribution in [2.75, 3.05) is 11.9 Å². The van der Waals surface area contributed by atoms with E-state index >= 15 is 0 Å². The third kappa shape index (κ3) is 2.98. The van der Waals surface area contributed by atoms with Gasteiger partial charge in [0.25, 0.3) is 5.89 Å². The summed E-state index contributed by atoms with van der Waals surface area (Å²) in [6, 6.07) is 0. The minimum atomic E-state index is 0.194. The lowest BCUT2D eigenvalue weighted by atomic mass is 10.1. The predicted octanol–water partition coefficient (Wildman–Crippen LogP) is 3.69. The van der Waals surface area contributed by atoms with Crippen molar-refractivity contribution in [3.05, 3.63) is 18.3 Å². The van der Waals surface area contributed by atoms with Crippen molar-refractivity contribution in [1.82, 2.24) is 25.0 Å². The number of nitrogens with zero attached hydrogens (tertiary/aromatic N) is 5. The Morgan fingerprint density at radius 2 is 1.96 bits per heavy atom. The molecule has 0 spiro atoms. The topological polar surface area (TPSA) is 81.7 Å². The molecule has 0 aliphatic rings.